The Morgan fingerprint density at radius 2 is 2.05 bits per heavy atom. The first-order chi connectivity index (χ1) is 9.47. The SMILES string of the molecule is CCCCN(CC)S(=O)(=O)c1cc(Br)cnc1NCC. The van der Waals surface area contributed by atoms with Crippen LogP contribution in [-0.4, -0.2) is 37.3 Å². The lowest BCUT2D eigenvalue weighted by atomic mass is 10.3. The molecule has 0 aliphatic rings. The average Bonchev–Trinajstić information content (AvgIpc) is 2.41. The molecular weight excluding hydrogens is 342 g/mol. The highest BCUT2D eigenvalue weighted by atomic mass is 79.9. The van der Waals surface area contributed by atoms with E-state index < -0.39 is 10.0 Å². The van der Waals surface area contributed by atoms with Crippen LogP contribution in [0.4, 0.5) is 5.82 Å². The summed E-state index contributed by atoms with van der Waals surface area (Å²) in [5.41, 5.74) is 0. The van der Waals surface area contributed by atoms with Crippen molar-refractivity contribution in [3.63, 3.8) is 0 Å². The van der Waals surface area contributed by atoms with Crippen molar-refractivity contribution in [2.45, 2.75) is 38.5 Å². The molecule has 7 heteroatoms. The molecule has 0 aromatic carbocycles. The van der Waals surface area contributed by atoms with E-state index in [2.05, 4.69) is 26.2 Å². The Balaban J connectivity index is 3.21. The number of nitrogens with zero attached hydrogens (tertiary/aromatic N) is 2. The topological polar surface area (TPSA) is 62.3 Å². The zero-order valence-corrected chi connectivity index (χ0v) is 14.6. The molecule has 1 aromatic heterocycles. The van der Waals surface area contributed by atoms with Gasteiger partial charge in [-0.2, -0.15) is 4.31 Å². The van der Waals surface area contributed by atoms with Crippen molar-refractivity contribution in [2.24, 2.45) is 0 Å². The summed E-state index contributed by atoms with van der Waals surface area (Å²) in [5, 5.41) is 3.01. The molecule has 20 heavy (non-hydrogen) atoms. The molecule has 5 nitrogen and oxygen atoms in total. The fraction of sp³-hybridized carbons (Fsp3) is 0.615. The number of hydrogen-bond donors (Lipinski definition) is 1. The maximum atomic E-state index is 12.7. The van der Waals surface area contributed by atoms with Crippen LogP contribution in [0.5, 0.6) is 0 Å². The van der Waals surface area contributed by atoms with Crippen LogP contribution >= 0.6 is 15.9 Å². The Bertz CT molecular complexity index is 534. The van der Waals surface area contributed by atoms with E-state index in [0.29, 0.717) is 29.9 Å². The predicted molar refractivity (Wildman–Crippen MR) is 85.4 cm³/mol. The Kier molecular flexibility index (Phi) is 6.91. The van der Waals surface area contributed by atoms with Crippen LogP contribution < -0.4 is 5.32 Å². The monoisotopic (exact) mass is 363 g/mol. The Morgan fingerprint density at radius 1 is 1.35 bits per heavy atom. The number of nitrogens with one attached hydrogen (secondary N) is 1. The minimum atomic E-state index is -3.52. The second-order valence-corrected chi connectivity index (χ2v) is 7.20. The van der Waals surface area contributed by atoms with Crippen molar-refractivity contribution in [2.75, 3.05) is 25.0 Å². The van der Waals surface area contributed by atoms with Crippen LogP contribution in [0.3, 0.4) is 0 Å². The van der Waals surface area contributed by atoms with E-state index >= 15 is 0 Å². The standard InChI is InChI=1S/C13H22BrN3O2S/c1-4-7-8-17(6-3)20(18,19)12-9-11(14)10-16-13(12)15-5-2/h9-10H,4-8H2,1-3H3,(H,15,16). The molecule has 0 aliphatic heterocycles. The molecular formula is C13H22BrN3O2S. The number of hydrogen-bond acceptors (Lipinski definition) is 4. The fourth-order valence-corrected chi connectivity index (χ4v) is 3.95. The lowest BCUT2D eigenvalue weighted by molar-refractivity contribution is 0.419. The number of anilines is 1. The van der Waals surface area contributed by atoms with Crippen molar-refractivity contribution in [1.82, 2.24) is 9.29 Å². The third-order valence-corrected chi connectivity index (χ3v) is 5.32. The third-order valence-electron chi connectivity index (χ3n) is 2.90. The van der Waals surface area contributed by atoms with Crippen LogP contribution in [-0.2, 0) is 10.0 Å². The highest BCUT2D eigenvalue weighted by molar-refractivity contribution is 9.10. The lowest BCUT2D eigenvalue weighted by Crippen LogP contribution is -2.32. The molecule has 0 aliphatic carbocycles. The minimum Gasteiger partial charge on any atom is -0.369 e. The smallest absolute Gasteiger partial charge is 0.246 e. The Morgan fingerprint density at radius 3 is 2.60 bits per heavy atom. The molecule has 0 fully saturated rings. The second-order valence-electron chi connectivity index (χ2n) is 4.38. The van der Waals surface area contributed by atoms with Gasteiger partial charge in [0.25, 0.3) is 0 Å². The highest BCUT2D eigenvalue weighted by Crippen LogP contribution is 2.26. The average molecular weight is 364 g/mol. The van der Waals surface area contributed by atoms with E-state index in [1.54, 1.807) is 12.3 Å². The quantitative estimate of drug-likeness (QED) is 0.770. The van der Waals surface area contributed by atoms with Crippen molar-refractivity contribution >= 4 is 31.8 Å². The van der Waals surface area contributed by atoms with Crippen molar-refractivity contribution in [1.29, 1.82) is 0 Å². The van der Waals surface area contributed by atoms with Crippen molar-refractivity contribution in [3.8, 4) is 0 Å². The summed E-state index contributed by atoms with van der Waals surface area (Å²) in [6.07, 6.45) is 3.41. The summed E-state index contributed by atoms with van der Waals surface area (Å²) in [4.78, 5) is 4.40. The van der Waals surface area contributed by atoms with Crippen LogP contribution in [0.25, 0.3) is 0 Å². The van der Waals surface area contributed by atoms with Gasteiger partial charge < -0.3 is 5.32 Å². The molecule has 0 atom stereocenters. The van der Waals surface area contributed by atoms with Gasteiger partial charge in [-0.3, -0.25) is 0 Å². The van der Waals surface area contributed by atoms with E-state index in [9.17, 15) is 8.42 Å². The van der Waals surface area contributed by atoms with Gasteiger partial charge in [0.1, 0.15) is 10.7 Å². The van der Waals surface area contributed by atoms with E-state index in [4.69, 9.17) is 0 Å². The van der Waals surface area contributed by atoms with Crippen LogP contribution in [0.2, 0.25) is 0 Å². The zero-order chi connectivity index (χ0) is 15.2. The van der Waals surface area contributed by atoms with Gasteiger partial charge in [-0.05, 0) is 35.3 Å². The lowest BCUT2D eigenvalue weighted by Gasteiger charge is -2.21. The molecule has 114 valence electrons. The Hall–Kier alpha value is -0.660. The number of rotatable bonds is 8. The first kappa shape index (κ1) is 17.4. The van der Waals surface area contributed by atoms with Crippen molar-refractivity contribution < 1.29 is 8.42 Å². The second kappa shape index (κ2) is 7.95. The predicted octanol–water partition coefficient (Wildman–Crippen LogP) is 3.09. The summed E-state index contributed by atoms with van der Waals surface area (Å²) in [6, 6.07) is 1.61. The molecule has 1 aromatic rings. The van der Waals surface area contributed by atoms with Gasteiger partial charge in [0.2, 0.25) is 10.0 Å². The zero-order valence-electron chi connectivity index (χ0n) is 12.2. The van der Waals surface area contributed by atoms with Gasteiger partial charge in [0.05, 0.1) is 0 Å². The summed E-state index contributed by atoms with van der Waals surface area (Å²) >= 11 is 3.29. The molecule has 0 radical (unpaired) electrons. The number of halogens is 1. The first-order valence-corrected chi connectivity index (χ1v) is 9.10. The van der Waals surface area contributed by atoms with Crippen molar-refractivity contribution in [3.05, 3.63) is 16.7 Å². The van der Waals surface area contributed by atoms with Gasteiger partial charge in [-0.1, -0.05) is 20.3 Å². The fourth-order valence-electron chi connectivity index (χ4n) is 1.84. The molecule has 0 spiro atoms. The Labute approximate surface area is 130 Å². The molecule has 1 N–H and O–H groups in total. The largest absolute Gasteiger partial charge is 0.369 e. The van der Waals surface area contributed by atoms with Crippen LogP contribution in [0.1, 0.15) is 33.6 Å². The molecule has 1 heterocycles. The molecule has 0 amide bonds. The maximum Gasteiger partial charge on any atom is 0.246 e. The summed E-state index contributed by atoms with van der Waals surface area (Å²) in [5.74, 6) is 0.408. The maximum absolute atomic E-state index is 12.7. The van der Waals surface area contributed by atoms with Gasteiger partial charge in [0, 0.05) is 30.3 Å². The normalized spacial score (nSPS) is 11.8. The minimum absolute atomic E-state index is 0.228. The molecule has 0 unspecified atom stereocenters. The molecule has 0 saturated heterocycles. The van der Waals surface area contributed by atoms with Gasteiger partial charge in [0.15, 0.2) is 0 Å². The number of unbranched alkanes of at least 4 members (excludes halogenated alkanes) is 1. The number of sulfonamides is 1. The van der Waals surface area contributed by atoms with Crippen LogP contribution in [0.15, 0.2) is 21.6 Å². The molecule has 1 rings (SSSR count). The molecule has 0 bridgehead atoms. The van der Waals surface area contributed by atoms with E-state index in [-0.39, 0.29) is 4.90 Å². The first-order valence-electron chi connectivity index (χ1n) is 6.86. The summed E-state index contributed by atoms with van der Waals surface area (Å²) < 4.78 is 27.6. The molecule has 0 saturated carbocycles. The van der Waals surface area contributed by atoms with Gasteiger partial charge in [-0.25, -0.2) is 13.4 Å². The summed E-state index contributed by atoms with van der Waals surface area (Å²) in [7, 11) is -3.52. The highest BCUT2D eigenvalue weighted by Gasteiger charge is 2.26. The number of pyridine rings is 1. The van der Waals surface area contributed by atoms with Gasteiger partial charge >= 0.3 is 0 Å². The van der Waals surface area contributed by atoms with Crippen LogP contribution in [0, 0.1) is 0 Å². The van der Waals surface area contributed by atoms with Gasteiger partial charge in [-0.15, -0.1) is 0 Å². The number of aromatic nitrogens is 1. The third kappa shape index (κ3) is 4.17. The summed E-state index contributed by atoms with van der Waals surface area (Å²) in [6.45, 7) is 7.43. The van der Waals surface area contributed by atoms with E-state index in [1.807, 2.05) is 20.8 Å². The van der Waals surface area contributed by atoms with E-state index in [1.165, 1.54) is 4.31 Å². The van der Waals surface area contributed by atoms with E-state index in [0.717, 1.165) is 12.8 Å².